The minimum atomic E-state index is -1.06. The van der Waals surface area contributed by atoms with Crippen LogP contribution in [0.3, 0.4) is 0 Å². The maximum atomic E-state index is 11.8. The van der Waals surface area contributed by atoms with Crippen LogP contribution in [0.25, 0.3) is 0 Å². The van der Waals surface area contributed by atoms with Crippen LogP contribution >= 0.6 is 0 Å². The molecule has 2 aromatic rings. The van der Waals surface area contributed by atoms with Crippen molar-refractivity contribution in [1.29, 1.82) is 5.26 Å². The van der Waals surface area contributed by atoms with Gasteiger partial charge in [-0.2, -0.15) is 5.26 Å². The first-order valence-electron chi connectivity index (χ1n) is 10.1. The number of aliphatic carboxylic acids is 2. The molecule has 2 rings (SSSR count). The Bertz CT molecular complexity index is 816. The summed E-state index contributed by atoms with van der Waals surface area (Å²) in [7, 11) is 0. The lowest BCUT2D eigenvalue weighted by Gasteiger charge is -2.36. The summed E-state index contributed by atoms with van der Waals surface area (Å²) in [6.07, 6.45) is 0.815. The minimum Gasteiger partial charge on any atom is -0.480 e. The second kappa shape index (κ2) is 10.6. The predicted octanol–water partition coefficient (Wildman–Crippen LogP) is 3.91. The van der Waals surface area contributed by atoms with E-state index >= 15 is 0 Å². The van der Waals surface area contributed by atoms with Crippen molar-refractivity contribution < 1.29 is 19.8 Å². The molecule has 0 fully saturated rings. The zero-order valence-corrected chi connectivity index (χ0v) is 17.4. The van der Waals surface area contributed by atoms with Crippen LogP contribution in [0.4, 0.5) is 0 Å². The van der Waals surface area contributed by atoms with Gasteiger partial charge in [-0.25, -0.2) is 0 Å². The molecule has 0 aliphatic carbocycles. The predicted molar refractivity (Wildman–Crippen MR) is 114 cm³/mol. The van der Waals surface area contributed by atoms with Gasteiger partial charge in [0.2, 0.25) is 0 Å². The summed E-state index contributed by atoms with van der Waals surface area (Å²) in [5.74, 6) is -2.11. The summed E-state index contributed by atoms with van der Waals surface area (Å²) in [5, 5.41) is 29.7. The van der Waals surface area contributed by atoms with Crippen LogP contribution in [-0.4, -0.2) is 45.7 Å². The molecule has 2 N–H and O–H groups in total. The summed E-state index contributed by atoms with van der Waals surface area (Å²) in [6.45, 7) is 3.62. The molecule has 2 unspecified atom stereocenters. The Labute approximate surface area is 177 Å². The Balaban J connectivity index is 2.51. The Morgan fingerprint density at radius 2 is 1.30 bits per heavy atom. The zero-order valence-electron chi connectivity index (χ0n) is 17.4. The van der Waals surface area contributed by atoms with Crippen LogP contribution < -0.4 is 0 Å². The molecular weight excluding hydrogens is 380 g/mol. The maximum Gasteiger partial charge on any atom is 0.320 e. The average molecular weight is 408 g/mol. The molecule has 0 heterocycles. The van der Waals surface area contributed by atoms with Crippen molar-refractivity contribution in [1.82, 2.24) is 4.90 Å². The van der Waals surface area contributed by atoms with Crippen LogP contribution in [0.1, 0.15) is 44.2 Å². The van der Waals surface area contributed by atoms with Crippen LogP contribution in [0, 0.1) is 11.3 Å². The third kappa shape index (κ3) is 4.87. The monoisotopic (exact) mass is 408 g/mol. The van der Waals surface area contributed by atoms with Crippen molar-refractivity contribution in [2.75, 3.05) is 6.54 Å². The van der Waals surface area contributed by atoms with Gasteiger partial charge in [0.05, 0.1) is 6.07 Å². The topological polar surface area (TPSA) is 102 Å². The van der Waals surface area contributed by atoms with Gasteiger partial charge in [-0.3, -0.25) is 14.5 Å². The third-order valence-electron chi connectivity index (χ3n) is 5.61. The standard InChI is InChI=1S/C24H28N2O4/c1-3-20(22(27)28)26(21(4-2)23(29)30)16-15-24(17-25,18-11-7-5-8-12-18)19-13-9-6-10-14-19/h5-14,20-21H,3-4,15-16H2,1-2H3,(H,27,28)(H,29,30). The molecule has 0 saturated carbocycles. The van der Waals surface area contributed by atoms with E-state index in [0.717, 1.165) is 11.1 Å². The van der Waals surface area contributed by atoms with Gasteiger partial charge < -0.3 is 10.2 Å². The Morgan fingerprint density at radius 3 is 1.60 bits per heavy atom. The fraction of sp³-hybridized carbons (Fsp3) is 0.375. The fourth-order valence-electron chi connectivity index (χ4n) is 4.01. The van der Waals surface area contributed by atoms with Crippen LogP contribution in [-0.2, 0) is 15.0 Å². The number of benzene rings is 2. The van der Waals surface area contributed by atoms with Gasteiger partial charge in [0.25, 0.3) is 0 Å². The summed E-state index contributed by atoms with van der Waals surface area (Å²) >= 11 is 0. The average Bonchev–Trinajstić information content (AvgIpc) is 2.76. The molecular formula is C24H28N2O4. The Hall–Kier alpha value is -3.17. The molecule has 6 heteroatoms. The number of nitrogens with zero attached hydrogens (tertiary/aromatic N) is 2. The smallest absolute Gasteiger partial charge is 0.320 e. The van der Waals surface area contributed by atoms with Crippen molar-refractivity contribution in [3.8, 4) is 6.07 Å². The molecule has 2 aromatic carbocycles. The summed E-state index contributed by atoms with van der Waals surface area (Å²) in [5.41, 5.74) is 0.574. The van der Waals surface area contributed by atoms with Crippen LogP contribution in [0.15, 0.2) is 60.7 Å². The van der Waals surface area contributed by atoms with Crippen molar-refractivity contribution in [2.24, 2.45) is 0 Å². The highest BCUT2D eigenvalue weighted by Crippen LogP contribution is 2.36. The second-order valence-corrected chi connectivity index (χ2v) is 7.26. The van der Waals surface area contributed by atoms with E-state index in [9.17, 15) is 25.1 Å². The summed E-state index contributed by atoms with van der Waals surface area (Å²) < 4.78 is 0. The number of carboxylic acid groups (broad SMARTS) is 2. The lowest BCUT2D eigenvalue weighted by Crippen LogP contribution is -2.51. The quantitative estimate of drug-likeness (QED) is 0.584. The molecule has 0 bridgehead atoms. The van der Waals surface area contributed by atoms with Gasteiger partial charge in [0.1, 0.15) is 17.5 Å². The highest BCUT2D eigenvalue weighted by molar-refractivity contribution is 5.77. The van der Waals surface area contributed by atoms with E-state index in [0.29, 0.717) is 0 Å². The van der Waals surface area contributed by atoms with Gasteiger partial charge in [-0.05, 0) is 30.4 Å². The first kappa shape index (κ1) is 23.1. The summed E-state index contributed by atoms with van der Waals surface area (Å²) in [6, 6.07) is 19.3. The second-order valence-electron chi connectivity index (χ2n) is 7.26. The molecule has 0 saturated heterocycles. The minimum absolute atomic E-state index is 0.160. The Morgan fingerprint density at radius 1 is 0.900 bits per heavy atom. The molecule has 0 aliphatic heterocycles. The van der Waals surface area contributed by atoms with Gasteiger partial charge in [0.15, 0.2) is 0 Å². The highest BCUT2D eigenvalue weighted by Gasteiger charge is 2.39. The molecule has 0 radical (unpaired) electrons. The number of carbonyl (C=O) groups is 2. The van der Waals surface area contributed by atoms with Crippen LogP contribution in [0.2, 0.25) is 0 Å². The zero-order chi connectivity index (χ0) is 22.1. The van der Waals surface area contributed by atoms with Crippen molar-refractivity contribution in [3.05, 3.63) is 71.8 Å². The van der Waals surface area contributed by atoms with E-state index in [-0.39, 0.29) is 25.8 Å². The first-order valence-corrected chi connectivity index (χ1v) is 10.1. The molecule has 158 valence electrons. The third-order valence-corrected chi connectivity index (χ3v) is 5.61. The lowest BCUT2D eigenvalue weighted by atomic mass is 9.73. The number of hydrogen-bond acceptors (Lipinski definition) is 4. The lowest BCUT2D eigenvalue weighted by molar-refractivity contribution is -0.151. The van der Waals surface area contributed by atoms with E-state index in [4.69, 9.17) is 0 Å². The number of rotatable bonds is 11. The number of hydrogen-bond donors (Lipinski definition) is 2. The van der Waals surface area contributed by atoms with E-state index in [1.807, 2.05) is 60.7 Å². The van der Waals surface area contributed by atoms with E-state index < -0.39 is 29.4 Å². The number of nitriles is 1. The molecule has 2 atom stereocenters. The first-order chi connectivity index (χ1) is 14.4. The van der Waals surface area contributed by atoms with Gasteiger partial charge in [0, 0.05) is 6.54 Å². The molecule has 0 aliphatic rings. The molecule has 0 aromatic heterocycles. The summed E-state index contributed by atoms with van der Waals surface area (Å²) in [4.78, 5) is 25.2. The fourth-order valence-corrected chi connectivity index (χ4v) is 4.01. The number of carboxylic acids is 2. The van der Waals surface area contributed by atoms with Crippen LogP contribution in [0.5, 0.6) is 0 Å². The highest BCUT2D eigenvalue weighted by atomic mass is 16.4. The SMILES string of the molecule is CCC(C(=O)O)N(CCC(C#N)(c1ccccc1)c1ccccc1)C(CC)C(=O)O. The van der Waals surface area contributed by atoms with Crippen molar-refractivity contribution in [2.45, 2.75) is 50.6 Å². The van der Waals surface area contributed by atoms with E-state index in [2.05, 4.69) is 6.07 Å². The Kier molecular flexibility index (Phi) is 8.14. The van der Waals surface area contributed by atoms with Gasteiger partial charge in [-0.15, -0.1) is 0 Å². The maximum absolute atomic E-state index is 11.8. The van der Waals surface area contributed by atoms with Gasteiger partial charge in [-0.1, -0.05) is 74.5 Å². The molecule has 6 nitrogen and oxygen atoms in total. The van der Waals surface area contributed by atoms with Gasteiger partial charge >= 0.3 is 11.9 Å². The normalized spacial score (nSPS) is 13.4. The molecule has 0 amide bonds. The van der Waals surface area contributed by atoms with E-state index in [1.54, 1.807) is 13.8 Å². The largest absolute Gasteiger partial charge is 0.480 e. The van der Waals surface area contributed by atoms with E-state index in [1.165, 1.54) is 4.90 Å². The molecule has 0 spiro atoms. The molecule has 30 heavy (non-hydrogen) atoms. The van der Waals surface area contributed by atoms with Crippen molar-refractivity contribution >= 4 is 11.9 Å². The van der Waals surface area contributed by atoms with Crippen molar-refractivity contribution in [3.63, 3.8) is 0 Å².